The first-order chi connectivity index (χ1) is 31.9. The number of nitrogens with zero attached hydrogens (tertiary/aromatic N) is 8. The predicted molar refractivity (Wildman–Crippen MR) is 237 cm³/mol. The predicted octanol–water partition coefficient (Wildman–Crippen LogP) is 10.9. The van der Waals surface area contributed by atoms with Gasteiger partial charge in [-0.15, -0.1) is 26.3 Å². The summed E-state index contributed by atoms with van der Waals surface area (Å²) in [4.78, 5) is 43.3. The highest BCUT2D eigenvalue weighted by Gasteiger charge is 2.32. The molecule has 0 aliphatic rings. The molecule has 0 bridgehead atoms. The first kappa shape index (κ1) is 47.1. The summed E-state index contributed by atoms with van der Waals surface area (Å²) < 4.78 is 87.0. The molecule has 0 saturated heterocycles. The molecule has 4 amide bonds. The van der Waals surface area contributed by atoms with Gasteiger partial charge in [0.25, 0.3) is 0 Å². The van der Waals surface area contributed by atoms with Crippen LogP contribution in [0.2, 0.25) is 0 Å². The number of rotatable bonds is 15. The van der Waals surface area contributed by atoms with Crippen molar-refractivity contribution in [1.82, 2.24) is 39.1 Å². The summed E-state index contributed by atoms with van der Waals surface area (Å²) in [6.45, 7) is 8.28. The smallest absolute Gasteiger partial charge is 0.406 e. The van der Waals surface area contributed by atoms with E-state index >= 15 is 0 Å². The Balaban J connectivity index is 0.995. The molecule has 14 nitrogen and oxygen atoms in total. The number of amides is 4. The lowest BCUT2D eigenvalue weighted by atomic mass is 10.1. The quantitative estimate of drug-likeness (QED) is 0.0967. The maximum absolute atomic E-state index is 13.3. The highest BCUT2D eigenvalue weighted by Crippen LogP contribution is 2.28. The number of urea groups is 2. The molecule has 0 saturated carbocycles. The second kappa shape index (κ2) is 20.1. The fourth-order valence-electron chi connectivity index (χ4n) is 6.97. The zero-order valence-corrected chi connectivity index (χ0v) is 36.5. The van der Waals surface area contributed by atoms with Gasteiger partial charge in [0.1, 0.15) is 30.0 Å². The average molecular weight is 927 g/mol. The minimum Gasteiger partial charge on any atom is -0.406 e. The number of carbonyl (C=O) groups excluding carboxylic acids is 2. The molecular weight excluding hydrogens is 883 g/mol. The van der Waals surface area contributed by atoms with E-state index < -0.39 is 36.3 Å². The molecule has 0 aliphatic heterocycles. The van der Waals surface area contributed by atoms with Gasteiger partial charge in [-0.25, -0.2) is 24.5 Å². The van der Waals surface area contributed by atoms with Crippen molar-refractivity contribution in [3.05, 3.63) is 151 Å². The van der Waals surface area contributed by atoms with E-state index in [4.69, 9.17) is 0 Å². The summed E-state index contributed by atoms with van der Waals surface area (Å²) in [5.74, 6) is -0.232. The maximum atomic E-state index is 13.3. The van der Waals surface area contributed by atoms with E-state index in [9.17, 15) is 35.9 Å². The molecule has 4 aromatic carbocycles. The number of aromatic nitrogens is 6. The number of anilines is 2. The maximum Gasteiger partial charge on any atom is 0.573 e. The first-order valence-corrected chi connectivity index (χ1v) is 20.8. The number of alkyl halides is 6. The fraction of sp³-hybridized carbons (Fsp3) is 0.234. The monoisotopic (exact) mass is 926 g/mol. The van der Waals surface area contributed by atoms with Crippen LogP contribution in [0.15, 0.2) is 134 Å². The Morgan fingerprint density at radius 1 is 0.657 bits per heavy atom. The van der Waals surface area contributed by atoms with Crippen LogP contribution in [0, 0.1) is 0 Å². The van der Waals surface area contributed by atoms with Gasteiger partial charge in [0, 0.05) is 59.9 Å². The van der Waals surface area contributed by atoms with Gasteiger partial charge >= 0.3 is 24.8 Å². The van der Waals surface area contributed by atoms with E-state index in [2.05, 4.69) is 40.2 Å². The Hall–Kier alpha value is -7.90. The van der Waals surface area contributed by atoms with Gasteiger partial charge in [-0.3, -0.25) is 9.25 Å². The minimum atomic E-state index is -4.83. The Bertz CT molecular complexity index is 2790. The minimum absolute atomic E-state index is 0.210. The summed E-state index contributed by atoms with van der Waals surface area (Å²) in [6.07, 6.45) is -1.18. The third-order valence-corrected chi connectivity index (χ3v) is 10.2. The molecule has 7 aromatic rings. The van der Waals surface area contributed by atoms with E-state index in [0.717, 1.165) is 57.8 Å². The first-order valence-electron chi connectivity index (χ1n) is 20.8. The van der Waals surface area contributed by atoms with E-state index in [1.807, 2.05) is 93.1 Å². The molecule has 3 heterocycles. The lowest BCUT2D eigenvalue weighted by Crippen LogP contribution is -2.39. The van der Waals surface area contributed by atoms with E-state index in [0.29, 0.717) is 29.4 Å². The molecule has 7 rings (SSSR count). The SMILES string of the molecule is CC(C)N(Cc1cccc(-c2cnn(Cc3cncn3-c3cc(-c4cccc(CN(C(=O)Nc5ccc(OC(F)(F)F)cc5)C(C)C)c4)ncn3)c2)c1)C(=O)Nc1ccc(OC(F)(F)F)cc1. The Morgan fingerprint density at radius 2 is 1.18 bits per heavy atom. The zero-order chi connectivity index (χ0) is 47.9. The molecule has 348 valence electrons. The summed E-state index contributed by atoms with van der Waals surface area (Å²) in [7, 11) is 0. The van der Waals surface area contributed by atoms with Crippen molar-refractivity contribution in [3.8, 4) is 39.7 Å². The topological polar surface area (TPSA) is 145 Å². The normalized spacial score (nSPS) is 11.7. The largest absolute Gasteiger partial charge is 0.573 e. The van der Waals surface area contributed by atoms with Crippen molar-refractivity contribution in [3.63, 3.8) is 0 Å². The lowest BCUT2D eigenvalue weighted by molar-refractivity contribution is -0.275. The molecule has 20 heteroatoms. The molecule has 0 spiro atoms. The molecule has 3 aromatic heterocycles. The van der Waals surface area contributed by atoms with E-state index in [1.54, 1.807) is 33.2 Å². The summed E-state index contributed by atoms with van der Waals surface area (Å²) in [5.41, 5.74) is 6.16. The Kier molecular flexibility index (Phi) is 14.1. The van der Waals surface area contributed by atoms with E-state index in [-0.39, 0.29) is 25.2 Å². The number of hydrogen-bond donors (Lipinski definition) is 2. The van der Waals surface area contributed by atoms with Gasteiger partial charge in [0.2, 0.25) is 0 Å². The number of carbonyl (C=O) groups is 2. The Labute approximate surface area is 380 Å². The van der Waals surface area contributed by atoms with Gasteiger partial charge < -0.3 is 29.9 Å². The second-order valence-corrected chi connectivity index (χ2v) is 15.8. The lowest BCUT2D eigenvalue weighted by Gasteiger charge is -2.27. The molecule has 0 atom stereocenters. The van der Waals surface area contributed by atoms with E-state index in [1.165, 1.54) is 30.6 Å². The van der Waals surface area contributed by atoms with Gasteiger partial charge in [-0.05, 0) is 105 Å². The van der Waals surface area contributed by atoms with Gasteiger partial charge in [0.15, 0.2) is 0 Å². The molecule has 67 heavy (non-hydrogen) atoms. The van der Waals surface area contributed by atoms with Crippen LogP contribution in [0.25, 0.3) is 28.2 Å². The van der Waals surface area contributed by atoms with Crippen molar-refractivity contribution in [2.24, 2.45) is 0 Å². The standard InChI is InChI=1S/C47H44F6N10O4/c1-30(2)61(44(64)58-37-11-15-40(16-12-37)66-46(48,49)50)24-32-7-5-9-34(19-32)36-22-57-60(26-36)27-39-23-54-29-63(39)43-21-42(55-28-56-43)35-10-6-8-33(20-35)25-62(31(3)4)45(65)59-38-13-17-41(18-14-38)67-47(51,52)53/h5-23,26,28-31H,24-25,27H2,1-4H3,(H,58,64)(H,59,65). The second-order valence-electron chi connectivity index (χ2n) is 15.8. The van der Waals surface area contributed by atoms with Gasteiger partial charge in [-0.2, -0.15) is 5.10 Å². The van der Waals surface area contributed by atoms with Crippen LogP contribution < -0.4 is 20.1 Å². The van der Waals surface area contributed by atoms with Crippen LogP contribution in [-0.4, -0.2) is 76.0 Å². The van der Waals surface area contributed by atoms with Crippen molar-refractivity contribution in [2.45, 2.75) is 72.1 Å². The van der Waals surface area contributed by atoms with Crippen LogP contribution in [0.3, 0.4) is 0 Å². The summed E-state index contributed by atoms with van der Waals surface area (Å²) in [5, 5.41) is 10.1. The molecule has 2 N–H and O–H groups in total. The summed E-state index contributed by atoms with van der Waals surface area (Å²) in [6, 6.07) is 25.6. The third-order valence-electron chi connectivity index (χ3n) is 10.2. The van der Waals surface area contributed by atoms with Gasteiger partial charge in [-0.1, -0.05) is 36.4 Å². The number of imidazole rings is 1. The zero-order valence-electron chi connectivity index (χ0n) is 36.5. The average Bonchev–Trinajstić information content (AvgIpc) is 3.95. The van der Waals surface area contributed by atoms with Crippen LogP contribution in [0.1, 0.15) is 44.5 Å². The summed E-state index contributed by atoms with van der Waals surface area (Å²) >= 11 is 0. The molecule has 0 unspecified atom stereocenters. The van der Waals surface area contributed by atoms with Crippen molar-refractivity contribution in [1.29, 1.82) is 0 Å². The number of halogens is 6. The van der Waals surface area contributed by atoms with Crippen molar-refractivity contribution >= 4 is 23.4 Å². The van der Waals surface area contributed by atoms with Crippen molar-refractivity contribution in [2.75, 3.05) is 10.6 Å². The van der Waals surface area contributed by atoms with Crippen molar-refractivity contribution < 1.29 is 45.4 Å². The van der Waals surface area contributed by atoms with Crippen LogP contribution in [0.4, 0.5) is 47.3 Å². The highest BCUT2D eigenvalue weighted by molar-refractivity contribution is 5.90. The number of hydrogen-bond acceptors (Lipinski definition) is 8. The fourth-order valence-corrected chi connectivity index (χ4v) is 6.97. The number of benzene rings is 4. The van der Waals surface area contributed by atoms with Crippen LogP contribution in [-0.2, 0) is 19.6 Å². The highest BCUT2D eigenvalue weighted by atomic mass is 19.4. The number of ether oxygens (including phenoxy) is 2. The molecule has 0 radical (unpaired) electrons. The van der Waals surface area contributed by atoms with Gasteiger partial charge in [0.05, 0.1) is 30.3 Å². The Morgan fingerprint density at radius 3 is 1.70 bits per heavy atom. The third kappa shape index (κ3) is 12.9. The van der Waals surface area contributed by atoms with Crippen LogP contribution in [0.5, 0.6) is 11.5 Å². The molecule has 0 fully saturated rings. The number of nitrogens with one attached hydrogen (secondary N) is 2. The van der Waals surface area contributed by atoms with Crippen LogP contribution >= 0.6 is 0 Å². The molecular formula is C47H44F6N10O4. The molecule has 0 aliphatic carbocycles.